The second-order valence-electron chi connectivity index (χ2n) is 6.24. The second-order valence-corrected chi connectivity index (χ2v) is 7.88. The molecule has 0 saturated heterocycles. The summed E-state index contributed by atoms with van der Waals surface area (Å²) in [6.45, 7) is 2.24. The van der Waals surface area contributed by atoms with Crippen molar-refractivity contribution in [2.45, 2.75) is 19.8 Å². The van der Waals surface area contributed by atoms with Crippen LogP contribution in [-0.2, 0) is 16.0 Å². The summed E-state index contributed by atoms with van der Waals surface area (Å²) in [6, 6.07) is 16.9. The molecule has 0 unspecified atom stereocenters. The Morgan fingerprint density at radius 2 is 1.75 bits per heavy atom. The van der Waals surface area contributed by atoms with E-state index >= 15 is 0 Å². The minimum atomic E-state index is -0.184. The van der Waals surface area contributed by atoms with Gasteiger partial charge in [0.05, 0.1) is 12.1 Å². The summed E-state index contributed by atoms with van der Waals surface area (Å²) >= 11 is 7.34. The summed E-state index contributed by atoms with van der Waals surface area (Å²) < 4.78 is 0. The van der Waals surface area contributed by atoms with Crippen molar-refractivity contribution in [1.29, 1.82) is 0 Å². The first-order valence-corrected chi connectivity index (χ1v) is 10.0. The minimum absolute atomic E-state index is 0.103. The lowest BCUT2D eigenvalue weighted by molar-refractivity contribution is -0.120. The molecule has 0 aliphatic carbocycles. The lowest BCUT2D eigenvalue weighted by Crippen LogP contribution is -2.28. The number of thiazole rings is 1. The topological polar surface area (TPSA) is 71.1 Å². The summed E-state index contributed by atoms with van der Waals surface area (Å²) in [4.78, 5) is 29.6. The maximum atomic E-state index is 12.1. The highest BCUT2D eigenvalue weighted by Gasteiger charge is 2.12. The van der Waals surface area contributed by atoms with E-state index in [1.54, 1.807) is 0 Å². The maximum absolute atomic E-state index is 12.1. The largest absolute Gasteiger partial charge is 0.355 e. The lowest BCUT2D eigenvalue weighted by Gasteiger charge is -2.05. The van der Waals surface area contributed by atoms with Gasteiger partial charge in [-0.15, -0.1) is 11.3 Å². The van der Waals surface area contributed by atoms with Gasteiger partial charge in [-0.2, -0.15) is 0 Å². The van der Waals surface area contributed by atoms with Crippen LogP contribution >= 0.6 is 22.9 Å². The van der Waals surface area contributed by atoms with Crippen LogP contribution in [0, 0.1) is 6.92 Å². The van der Waals surface area contributed by atoms with Crippen LogP contribution in [0.2, 0.25) is 5.02 Å². The van der Waals surface area contributed by atoms with Gasteiger partial charge in [0.25, 0.3) is 0 Å². The molecule has 1 aromatic heterocycles. The fraction of sp³-hybridized carbons (Fsp3) is 0.190. The van der Waals surface area contributed by atoms with Crippen LogP contribution in [0.5, 0.6) is 0 Å². The number of amides is 2. The zero-order valence-electron chi connectivity index (χ0n) is 15.4. The van der Waals surface area contributed by atoms with Crippen LogP contribution < -0.4 is 10.6 Å². The van der Waals surface area contributed by atoms with Gasteiger partial charge in [0, 0.05) is 28.4 Å². The molecule has 7 heteroatoms. The Labute approximate surface area is 172 Å². The molecule has 1 heterocycles. The predicted molar refractivity (Wildman–Crippen MR) is 114 cm³/mol. The van der Waals surface area contributed by atoms with Gasteiger partial charge in [-0.3, -0.25) is 9.59 Å². The number of hydrogen-bond acceptors (Lipinski definition) is 4. The highest BCUT2D eigenvalue weighted by Crippen LogP contribution is 2.31. The number of halogens is 1. The normalized spacial score (nSPS) is 10.5. The van der Waals surface area contributed by atoms with E-state index in [1.807, 2.05) is 61.5 Å². The first-order valence-electron chi connectivity index (χ1n) is 8.85. The number of nitrogens with one attached hydrogen (secondary N) is 2. The Kier molecular flexibility index (Phi) is 6.79. The number of carbonyl (C=O) groups is 2. The zero-order chi connectivity index (χ0) is 19.9. The third kappa shape index (κ3) is 5.65. The molecule has 0 spiro atoms. The molecule has 28 heavy (non-hydrogen) atoms. The van der Waals surface area contributed by atoms with Crippen molar-refractivity contribution in [1.82, 2.24) is 10.3 Å². The van der Waals surface area contributed by atoms with Crippen molar-refractivity contribution < 1.29 is 9.59 Å². The van der Waals surface area contributed by atoms with Gasteiger partial charge >= 0.3 is 0 Å². The van der Waals surface area contributed by atoms with Crippen molar-refractivity contribution >= 4 is 39.9 Å². The highest BCUT2D eigenvalue weighted by atomic mass is 35.5. The van der Waals surface area contributed by atoms with E-state index in [4.69, 9.17) is 11.6 Å². The van der Waals surface area contributed by atoms with Crippen LogP contribution in [0.15, 0.2) is 54.6 Å². The fourth-order valence-electron chi connectivity index (χ4n) is 2.67. The van der Waals surface area contributed by atoms with Gasteiger partial charge in [0.15, 0.2) is 5.13 Å². The van der Waals surface area contributed by atoms with Crippen LogP contribution in [0.1, 0.15) is 16.9 Å². The lowest BCUT2D eigenvalue weighted by atomic mass is 10.1. The number of aromatic nitrogens is 1. The zero-order valence-corrected chi connectivity index (χ0v) is 16.9. The second kappa shape index (κ2) is 9.48. The first kappa shape index (κ1) is 20.0. The van der Waals surface area contributed by atoms with Gasteiger partial charge in [0.2, 0.25) is 11.8 Å². The summed E-state index contributed by atoms with van der Waals surface area (Å²) in [5, 5.41) is 6.78. The molecule has 0 atom stereocenters. The van der Waals surface area contributed by atoms with E-state index in [0.29, 0.717) is 16.6 Å². The average Bonchev–Trinajstić information content (AvgIpc) is 3.03. The standard InChI is InChI=1S/C21H20ClN3O2S/c1-14-20(16-7-9-17(22)10-8-16)25-21(28-14)24-18(26)11-12-23-19(27)13-15-5-3-2-4-6-15/h2-10H,11-13H2,1H3,(H,23,27)(H,24,25,26). The fourth-order valence-corrected chi connectivity index (χ4v) is 3.64. The van der Waals surface area contributed by atoms with Crippen LogP contribution in [0.25, 0.3) is 11.3 Å². The quantitative estimate of drug-likeness (QED) is 0.600. The highest BCUT2D eigenvalue weighted by molar-refractivity contribution is 7.16. The maximum Gasteiger partial charge on any atom is 0.227 e. The molecule has 2 amide bonds. The van der Waals surface area contributed by atoms with E-state index in [-0.39, 0.29) is 24.8 Å². The molecule has 144 valence electrons. The van der Waals surface area contributed by atoms with E-state index < -0.39 is 0 Å². The van der Waals surface area contributed by atoms with Crippen molar-refractivity contribution in [3.63, 3.8) is 0 Å². The Morgan fingerprint density at radius 3 is 2.46 bits per heavy atom. The molecule has 0 saturated carbocycles. The van der Waals surface area contributed by atoms with Crippen molar-refractivity contribution in [3.8, 4) is 11.3 Å². The molecule has 0 aliphatic heterocycles. The van der Waals surface area contributed by atoms with Crippen LogP contribution in [0.3, 0.4) is 0 Å². The van der Waals surface area contributed by atoms with Crippen molar-refractivity contribution in [3.05, 3.63) is 70.1 Å². The monoisotopic (exact) mass is 413 g/mol. The average molecular weight is 414 g/mol. The number of anilines is 1. The molecule has 0 fully saturated rings. The summed E-state index contributed by atoms with van der Waals surface area (Å²) in [7, 11) is 0. The molecule has 0 aliphatic rings. The Hall–Kier alpha value is -2.70. The van der Waals surface area contributed by atoms with Crippen molar-refractivity contribution in [2.24, 2.45) is 0 Å². The first-order chi connectivity index (χ1) is 13.5. The number of benzene rings is 2. The van der Waals surface area contributed by atoms with Gasteiger partial charge in [0.1, 0.15) is 0 Å². The van der Waals surface area contributed by atoms with Crippen molar-refractivity contribution in [2.75, 3.05) is 11.9 Å². The van der Waals surface area contributed by atoms with Crippen LogP contribution in [-0.4, -0.2) is 23.3 Å². The SMILES string of the molecule is Cc1sc(NC(=O)CCNC(=O)Cc2ccccc2)nc1-c1ccc(Cl)cc1. The van der Waals surface area contributed by atoms with Gasteiger partial charge in [-0.25, -0.2) is 4.98 Å². The van der Waals surface area contributed by atoms with Gasteiger partial charge in [-0.1, -0.05) is 54.1 Å². The third-order valence-corrected chi connectivity index (χ3v) is 5.18. The number of rotatable bonds is 7. The number of nitrogens with zero attached hydrogens (tertiary/aromatic N) is 1. The molecule has 3 rings (SSSR count). The summed E-state index contributed by atoms with van der Waals surface area (Å²) in [6.07, 6.45) is 0.494. The molecular weight excluding hydrogens is 394 g/mol. The van der Waals surface area contributed by atoms with E-state index in [0.717, 1.165) is 21.7 Å². The summed E-state index contributed by atoms with van der Waals surface area (Å²) in [5.41, 5.74) is 2.72. The van der Waals surface area contributed by atoms with Gasteiger partial charge < -0.3 is 10.6 Å². The molecular formula is C21H20ClN3O2S. The van der Waals surface area contributed by atoms with Gasteiger partial charge in [-0.05, 0) is 24.6 Å². The van der Waals surface area contributed by atoms with E-state index in [9.17, 15) is 9.59 Å². The Balaban J connectivity index is 1.48. The molecule has 2 aromatic carbocycles. The molecule has 2 N–H and O–H groups in total. The van der Waals surface area contributed by atoms with Crippen LogP contribution in [0.4, 0.5) is 5.13 Å². The number of aryl methyl sites for hydroxylation is 1. The molecule has 3 aromatic rings. The summed E-state index contributed by atoms with van der Waals surface area (Å²) in [5.74, 6) is -0.287. The Bertz CT molecular complexity index is 956. The van der Waals surface area contributed by atoms with E-state index in [1.165, 1.54) is 11.3 Å². The minimum Gasteiger partial charge on any atom is -0.355 e. The molecule has 5 nitrogen and oxygen atoms in total. The third-order valence-electron chi connectivity index (χ3n) is 4.04. The smallest absolute Gasteiger partial charge is 0.227 e. The Morgan fingerprint density at radius 1 is 1.04 bits per heavy atom. The van der Waals surface area contributed by atoms with E-state index in [2.05, 4.69) is 15.6 Å². The molecule has 0 bridgehead atoms. The number of carbonyl (C=O) groups excluding carboxylic acids is 2. The predicted octanol–water partition coefficient (Wildman–Crippen LogP) is 4.46. The number of hydrogen-bond donors (Lipinski definition) is 2. The molecule has 0 radical (unpaired) electrons.